The van der Waals surface area contributed by atoms with Crippen molar-refractivity contribution in [1.29, 1.82) is 0 Å². The van der Waals surface area contributed by atoms with Gasteiger partial charge in [-0.25, -0.2) is 4.79 Å². The molecule has 0 aliphatic carbocycles. The Morgan fingerprint density at radius 2 is 2.14 bits per heavy atom. The third-order valence-electron chi connectivity index (χ3n) is 2.04. The summed E-state index contributed by atoms with van der Waals surface area (Å²) in [5.41, 5.74) is -0.0206. The fraction of sp³-hybridized carbons (Fsp3) is 0.545. The molecule has 0 fully saturated rings. The summed E-state index contributed by atoms with van der Waals surface area (Å²) in [6.07, 6.45) is 1.17. The maximum absolute atomic E-state index is 11.4. The van der Waals surface area contributed by atoms with Crippen LogP contribution in [0.25, 0.3) is 0 Å². The van der Waals surface area contributed by atoms with Crippen molar-refractivity contribution >= 4 is 0 Å². The average Bonchev–Trinajstić information content (AvgIpc) is 2.10. The Kier molecular flexibility index (Phi) is 3.33. The van der Waals surface area contributed by atoms with Crippen LogP contribution in [0.1, 0.15) is 32.1 Å². The Bertz CT molecular complexity index is 363. The highest BCUT2D eigenvalue weighted by atomic mass is 16.4. The number of hydrogen-bond donors (Lipinski definition) is 1. The quantitative estimate of drug-likeness (QED) is 0.805. The summed E-state index contributed by atoms with van der Waals surface area (Å²) in [6, 6.07) is 1.53. The first-order valence-corrected chi connectivity index (χ1v) is 4.89. The molecule has 0 saturated heterocycles. The second kappa shape index (κ2) is 4.31. The van der Waals surface area contributed by atoms with E-state index in [-0.39, 0.29) is 5.75 Å². The summed E-state index contributed by atoms with van der Waals surface area (Å²) in [4.78, 5) is 11.4. The van der Waals surface area contributed by atoms with Crippen molar-refractivity contribution in [2.75, 3.05) is 0 Å². The number of rotatable bonds is 3. The van der Waals surface area contributed by atoms with Gasteiger partial charge >= 0.3 is 5.63 Å². The normalized spacial score (nSPS) is 10.9. The van der Waals surface area contributed by atoms with Gasteiger partial charge in [-0.3, -0.25) is 0 Å². The molecule has 0 spiro atoms. The highest BCUT2D eigenvalue weighted by Gasteiger charge is 2.11. The smallest absolute Gasteiger partial charge is 0.342 e. The predicted molar refractivity (Wildman–Crippen MR) is 54.6 cm³/mol. The Morgan fingerprint density at radius 3 is 2.57 bits per heavy atom. The molecule has 1 heterocycles. The van der Waals surface area contributed by atoms with Gasteiger partial charge in [0.15, 0.2) is 0 Å². The largest absolute Gasteiger partial charge is 0.507 e. The lowest BCUT2D eigenvalue weighted by atomic mass is 10.0. The lowest BCUT2D eigenvalue weighted by molar-refractivity contribution is 0.408. The first-order valence-electron chi connectivity index (χ1n) is 4.89. The molecule has 78 valence electrons. The van der Waals surface area contributed by atoms with E-state index < -0.39 is 5.63 Å². The van der Waals surface area contributed by atoms with Crippen LogP contribution in [0.3, 0.4) is 0 Å². The molecule has 0 aliphatic heterocycles. The van der Waals surface area contributed by atoms with Crippen molar-refractivity contribution in [2.45, 2.75) is 33.6 Å². The molecule has 0 bridgehead atoms. The molecule has 1 rings (SSSR count). The monoisotopic (exact) mass is 196 g/mol. The molecule has 0 aliphatic rings. The third kappa shape index (κ3) is 2.37. The molecule has 1 N–H and O–H groups in total. The second-order valence-corrected chi connectivity index (χ2v) is 3.82. The summed E-state index contributed by atoms with van der Waals surface area (Å²) in [7, 11) is 0. The minimum Gasteiger partial charge on any atom is -0.507 e. The van der Waals surface area contributed by atoms with Gasteiger partial charge in [-0.05, 0) is 12.3 Å². The standard InChI is InChI=1S/C11H16O3/c1-4-8-6-10(12)9(5-7(2)3)11(13)14-8/h6-7,12H,4-5H2,1-3H3. The Labute approximate surface area is 83.4 Å². The van der Waals surface area contributed by atoms with Crippen LogP contribution in [0.4, 0.5) is 0 Å². The molecule has 0 saturated carbocycles. The molecule has 0 atom stereocenters. The van der Waals surface area contributed by atoms with Gasteiger partial charge in [0, 0.05) is 12.5 Å². The molecule has 3 heteroatoms. The van der Waals surface area contributed by atoms with Crippen LogP contribution in [0, 0.1) is 5.92 Å². The number of hydrogen-bond acceptors (Lipinski definition) is 3. The molecule has 0 radical (unpaired) electrons. The van der Waals surface area contributed by atoms with E-state index in [4.69, 9.17) is 4.42 Å². The van der Waals surface area contributed by atoms with Crippen molar-refractivity contribution in [2.24, 2.45) is 5.92 Å². The highest BCUT2D eigenvalue weighted by Crippen LogP contribution is 2.18. The van der Waals surface area contributed by atoms with E-state index in [2.05, 4.69) is 0 Å². The van der Waals surface area contributed by atoms with Gasteiger partial charge in [0.05, 0.1) is 5.56 Å². The molecule has 0 amide bonds. The molecule has 1 aromatic rings. The van der Waals surface area contributed by atoms with Crippen LogP contribution in [-0.4, -0.2) is 5.11 Å². The van der Waals surface area contributed by atoms with Crippen molar-refractivity contribution in [3.05, 3.63) is 27.8 Å². The summed E-state index contributed by atoms with van der Waals surface area (Å²) in [5, 5.41) is 9.59. The van der Waals surface area contributed by atoms with Crippen molar-refractivity contribution in [3.8, 4) is 5.75 Å². The topological polar surface area (TPSA) is 50.4 Å². The van der Waals surface area contributed by atoms with Crippen LogP contribution in [-0.2, 0) is 12.8 Å². The molecule has 3 nitrogen and oxygen atoms in total. The van der Waals surface area contributed by atoms with Gasteiger partial charge in [-0.1, -0.05) is 20.8 Å². The average molecular weight is 196 g/mol. The van der Waals surface area contributed by atoms with E-state index in [0.717, 1.165) is 0 Å². The maximum atomic E-state index is 11.4. The molecule has 14 heavy (non-hydrogen) atoms. The van der Waals surface area contributed by atoms with Crippen LogP contribution >= 0.6 is 0 Å². The Morgan fingerprint density at radius 1 is 1.50 bits per heavy atom. The van der Waals surface area contributed by atoms with Gasteiger partial charge in [0.1, 0.15) is 11.5 Å². The third-order valence-corrected chi connectivity index (χ3v) is 2.04. The van der Waals surface area contributed by atoms with Crippen LogP contribution in [0.15, 0.2) is 15.3 Å². The van der Waals surface area contributed by atoms with E-state index in [1.54, 1.807) is 0 Å². The van der Waals surface area contributed by atoms with E-state index in [1.165, 1.54) is 6.07 Å². The van der Waals surface area contributed by atoms with Gasteiger partial charge < -0.3 is 9.52 Å². The zero-order chi connectivity index (χ0) is 10.7. The molecule has 0 unspecified atom stereocenters. The first kappa shape index (κ1) is 10.8. The van der Waals surface area contributed by atoms with Crippen molar-refractivity contribution in [3.63, 3.8) is 0 Å². The van der Waals surface area contributed by atoms with Crippen LogP contribution in [0.2, 0.25) is 0 Å². The number of aryl methyl sites for hydroxylation is 1. The first-order chi connectivity index (χ1) is 6.54. The Balaban J connectivity index is 3.12. The Hall–Kier alpha value is -1.25. The number of aromatic hydroxyl groups is 1. The SMILES string of the molecule is CCc1cc(O)c(CC(C)C)c(=O)o1. The van der Waals surface area contributed by atoms with E-state index in [1.807, 2.05) is 20.8 Å². The fourth-order valence-electron chi connectivity index (χ4n) is 1.32. The predicted octanol–water partition coefficient (Wildman–Crippen LogP) is 2.11. The second-order valence-electron chi connectivity index (χ2n) is 3.82. The van der Waals surface area contributed by atoms with Crippen LogP contribution < -0.4 is 5.63 Å². The van der Waals surface area contributed by atoms with Gasteiger partial charge in [0.25, 0.3) is 0 Å². The summed E-state index contributed by atoms with van der Waals surface area (Å²) < 4.78 is 5.02. The van der Waals surface area contributed by atoms with E-state index >= 15 is 0 Å². The molecule has 0 aromatic carbocycles. The zero-order valence-electron chi connectivity index (χ0n) is 8.83. The minimum absolute atomic E-state index is 0.0619. The van der Waals surface area contributed by atoms with Crippen molar-refractivity contribution in [1.82, 2.24) is 0 Å². The lowest BCUT2D eigenvalue weighted by Crippen LogP contribution is -2.11. The van der Waals surface area contributed by atoms with E-state index in [9.17, 15) is 9.90 Å². The maximum Gasteiger partial charge on any atom is 0.342 e. The van der Waals surface area contributed by atoms with Gasteiger partial charge in [-0.2, -0.15) is 0 Å². The zero-order valence-corrected chi connectivity index (χ0v) is 8.83. The lowest BCUT2D eigenvalue weighted by Gasteiger charge is -2.06. The fourth-order valence-corrected chi connectivity index (χ4v) is 1.32. The van der Waals surface area contributed by atoms with E-state index in [0.29, 0.717) is 30.1 Å². The molecular weight excluding hydrogens is 180 g/mol. The molecular formula is C11H16O3. The highest BCUT2D eigenvalue weighted by molar-refractivity contribution is 5.30. The van der Waals surface area contributed by atoms with Crippen molar-refractivity contribution < 1.29 is 9.52 Å². The van der Waals surface area contributed by atoms with Gasteiger partial charge in [0.2, 0.25) is 0 Å². The van der Waals surface area contributed by atoms with Crippen LogP contribution in [0.5, 0.6) is 5.75 Å². The summed E-state index contributed by atoms with van der Waals surface area (Å²) in [5.74, 6) is 0.920. The minimum atomic E-state index is -0.407. The summed E-state index contributed by atoms with van der Waals surface area (Å²) in [6.45, 7) is 5.86. The summed E-state index contributed by atoms with van der Waals surface area (Å²) >= 11 is 0. The van der Waals surface area contributed by atoms with Gasteiger partial charge in [-0.15, -0.1) is 0 Å². The molecule has 1 aromatic heterocycles.